The third-order valence-electron chi connectivity index (χ3n) is 1.94. The van der Waals surface area contributed by atoms with E-state index in [0.29, 0.717) is 10.2 Å². The average Bonchev–Trinajstić information content (AvgIpc) is 2.22. The van der Waals surface area contributed by atoms with Gasteiger partial charge in [0, 0.05) is 6.04 Å². The minimum Gasteiger partial charge on any atom is -0.493 e. The fourth-order valence-corrected chi connectivity index (χ4v) is 1.58. The predicted octanol–water partition coefficient (Wildman–Crippen LogP) is 2.88. The lowest BCUT2D eigenvalue weighted by molar-refractivity contribution is -0.122. The summed E-state index contributed by atoms with van der Waals surface area (Å²) in [6.07, 6.45) is 0.285. The molecule has 0 fully saturated rings. The Morgan fingerprint density at radius 2 is 2.24 bits per heavy atom. The van der Waals surface area contributed by atoms with E-state index in [1.165, 1.54) is 18.2 Å². The van der Waals surface area contributed by atoms with E-state index in [4.69, 9.17) is 4.74 Å². The van der Waals surface area contributed by atoms with Crippen LogP contribution in [0.25, 0.3) is 0 Å². The van der Waals surface area contributed by atoms with Gasteiger partial charge in [0.15, 0.2) is 0 Å². The van der Waals surface area contributed by atoms with Gasteiger partial charge in [0.2, 0.25) is 5.91 Å². The second kappa shape index (κ2) is 6.59. The number of ether oxygens (including phenoxy) is 1. The maximum absolute atomic E-state index is 12.9. The summed E-state index contributed by atoms with van der Waals surface area (Å²) < 4.78 is 18.6. The third-order valence-corrected chi connectivity index (χ3v) is 2.55. The number of halogens is 2. The van der Waals surface area contributed by atoms with Crippen molar-refractivity contribution >= 4 is 21.8 Å². The summed E-state index contributed by atoms with van der Waals surface area (Å²) in [5, 5.41) is 2.76. The minimum atomic E-state index is -0.338. The SMILES string of the molecule is CC(C)NC(=O)CCOc1ccc(F)c(Br)c1. The summed E-state index contributed by atoms with van der Waals surface area (Å²) in [6.45, 7) is 4.07. The first-order valence-electron chi connectivity index (χ1n) is 5.36. The molecular formula is C12H15BrFNO2. The van der Waals surface area contributed by atoms with E-state index in [9.17, 15) is 9.18 Å². The number of hydrogen-bond acceptors (Lipinski definition) is 2. The van der Waals surface area contributed by atoms with Gasteiger partial charge in [0.05, 0.1) is 17.5 Å². The highest BCUT2D eigenvalue weighted by Gasteiger charge is 2.05. The molecule has 0 heterocycles. The lowest BCUT2D eigenvalue weighted by Crippen LogP contribution is -2.31. The van der Waals surface area contributed by atoms with Crippen LogP contribution in [-0.4, -0.2) is 18.6 Å². The van der Waals surface area contributed by atoms with Gasteiger partial charge in [-0.1, -0.05) is 0 Å². The van der Waals surface area contributed by atoms with Gasteiger partial charge in [-0.05, 0) is 48.0 Å². The average molecular weight is 304 g/mol. The zero-order valence-corrected chi connectivity index (χ0v) is 11.4. The molecule has 1 N–H and O–H groups in total. The molecule has 94 valence electrons. The molecule has 17 heavy (non-hydrogen) atoms. The molecule has 1 aromatic rings. The van der Waals surface area contributed by atoms with Gasteiger partial charge in [-0.3, -0.25) is 4.79 Å². The molecule has 0 radical (unpaired) electrons. The van der Waals surface area contributed by atoms with Crippen LogP contribution >= 0.6 is 15.9 Å². The Labute approximate surface area is 108 Å². The summed E-state index contributed by atoms with van der Waals surface area (Å²) in [4.78, 5) is 11.3. The highest BCUT2D eigenvalue weighted by atomic mass is 79.9. The molecular weight excluding hydrogens is 289 g/mol. The second-order valence-corrected chi connectivity index (χ2v) is 4.75. The van der Waals surface area contributed by atoms with E-state index in [1.54, 1.807) is 0 Å². The van der Waals surface area contributed by atoms with Gasteiger partial charge in [-0.15, -0.1) is 0 Å². The number of amides is 1. The standard InChI is InChI=1S/C12H15BrFNO2/c1-8(2)15-12(16)5-6-17-9-3-4-11(14)10(13)7-9/h3-4,7-8H,5-6H2,1-2H3,(H,15,16). The van der Waals surface area contributed by atoms with Crippen molar-refractivity contribution < 1.29 is 13.9 Å². The maximum atomic E-state index is 12.9. The van der Waals surface area contributed by atoms with Crippen molar-refractivity contribution in [3.8, 4) is 5.75 Å². The van der Waals surface area contributed by atoms with Crippen molar-refractivity contribution in [2.24, 2.45) is 0 Å². The lowest BCUT2D eigenvalue weighted by Gasteiger charge is -2.09. The van der Waals surface area contributed by atoms with Gasteiger partial charge < -0.3 is 10.1 Å². The fourth-order valence-electron chi connectivity index (χ4n) is 1.22. The quantitative estimate of drug-likeness (QED) is 0.908. The fraction of sp³-hybridized carbons (Fsp3) is 0.417. The summed E-state index contributed by atoms with van der Waals surface area (Å²) in [5.41, 5.74) is 0. The Hall–Kier alpha value is -1.10. The van der Waals surface area contributed by atoms with Crippen LogP contribution in [0.3, 0.4) is 0 Å². The van der Waals surface area contributed by atoms with Crippen LogP contribution < -0.4 is 10.1 Å². The van der Waals surface area contributed by atoms with Gasteiger partial charge in [-0.25, -0.2) is 4.39 Å². The predicted molar refractivity (Wildman–Crippen MR) is 67.5 cm³/mol. The largest absolute Gasteiger partial charge is 0.493 e. The summed E-state index contributed by atoms with van der Waals surface area (Å²) in [7, 11) is 0. The number of benzene rings is 1. The molecule has 0 aliphatic heterocycles. The molecule has 0 spiro atoms. The molecule has 0 aromatic heterocycles. The van der Waals surface area contributed by atoms with E-state index in [0.717, 1.165) is 0 Å². The molecule has 1 rings (SSSR count). The van der Waals surface area contributed by atoms with Crippen molar-refractivity contribution in [1.82, 2.24) is 5.32 Å². The summed E-state index contributed by atoms with van der Waals surface area (Å²) >= 11 is 3.07. The van der Waals surface area contributed by atoms with Crippen molar-refractivity contribution in [2.45, 2.75) is 26.3 Å². The number of hydrogen-bond donors (Lipinski definition) is 1. The minimum absolute atomic E-state index is 0.0545. The van der Waals surface area contributed by atoms with E-state index in [-0.39, 0.29) is 30.8 Å². The molecule has 0 saturated carbocycles. The number of rotatable bonds is 5. The Kier molecular flexibility index (Phi) is 5.41. The van der Waals surface area contributed by atoms with Crippen molar-refractivity contribution in [3.05, 3.63) is 28.5 Å². The maximum Gasteiger partial charge on any atom is 0.223 e. The second-order valence-electron chi connectivity index (χ2n) is 3.90. The van der Waals surface area contributed by atoms with Crippen LogP contribution in [0.4, 0.5) is 4.39 Å². The first-order chi connectivity index (χ1) is 7.99. The molecule has 1 amide bonds. The zero-order chi connectivity index (χ0) is 12.8. The Morgan fingerprint density at radius 3 is 2.82 bits per heavy atom. The Morgan fingerprint density at radius 1 is 1.53 bits per heavy atom. The zero-order valence-electron chi connectivity index (χ0n) is 9.80. The molecule has 5 heteroatoms. The first kappa shape index (κ1) is 14.0. The van der Waals surface area contributed by atoms with E-state index < -0.39 is 0 Å². The van der Waals surface area contributed by atoms with Crippen LogP contribution in [-0.2, 0) is 4.79 Å². The van der Waals surface area contributed by atoms with Crippen LogP contribution in [0.2, 0.25) is 0 Å². The van der Waals surface area contributed by atoms with Crippen LogP contribution in [0.15, 0.2) is 22.7 Å². The van der Waals surface area contributed by atoms with E-state index in [2.05, 4.69) is 21.2 Å². The van der Waals surface area contributed by atoms with Crippen LogP contribution in [0.5, 0.6) is 5.75 Å². The van der Waals surface area contributed by atoms with Crippen molar-refractivity contribution in [1.29, 1.82) is 0 Å². The molecule has 0 aliphatic rings. The highest BCUT2D eigenvalue weighted by Crippen LogP contribution is 2.21. The summed E-state index contributed by atoms with van der Waals surface area (Å²) in [6, 6.07) is 4.51. The first-order valence-corrected chi connectivity index (χ1v) is 6.15. The number of carbonyl (C=O) groups excluding carboxylic acids is 1. The molecule has 1 aromatic carbocycles. The van der Waals surface area contributed by atoms with Crippen molar-refractivity contribution in [3.63, 3.8) is 0 Å². The monoisotopic (exact) mass is 303 g/mol. The molecule has 0 saturated heterocycles. The smallest absolute Gasteiger partial charge is 0.223 e. The molecule has 0 bridgehead atoms. The van der Waals surface area contributed by atoms with Gasteiger partial charge >= 0.3 is 0 Å². The van der Waals surface area contributed by atoms with Crippen LogP contribution in [0, 0.1) is 5.82 Å². The lowest BCUT2D eigenvalue weighted by atomic mass is 10.3. The number of carbonyl (C=O) groups is 1. The molecule has 0 atom stereocenters. The van der Waals surface area contributed by atoms with Gasteiger partial charge in [0.1, 0.15) is 11.6 Å². The van der Waals surface area contributed by atoms with E-state index in [1.807, 2.05) is 13.8 Å². The Balaban J connectivity index is 2.36. The normalized spacial score (nSPS) is 10.4. The topological polar surface area (TPSA) is 38.3 Å². The van der Waals surface area contributed by atoms with Gasteiger partial charge in [-0.2, -0.15) is 0 Å². The number of nitrogens with one attached hydrogen (secondary N) is 1. The van der Waals surface area contributed by atoms with E-state index >= 15 is 0 Å². The van der Waals surface area contributed by atoms with Gasteiger partial charge in [0.25, 0.3) is 0 Å². The highest BCUT2D eigenvalue weighted by molar-refractivity contribution is 9.10. The van der Waals surface area contributed by atoms with Crippen molar-refractivity contribution in [2.75, 3.05) is 6.61 Å². The third kappa shape index (κ3) is 5.17. The Bertz CT molecular complexity index is 396. The molecule has 0 unspecified atom stereocenters. The van der Waals surface area contributed by atoms with Crippen LogP contribution in [0.1, 0.15) is 20.3 Å². The molecule has 0 aliphatic carbocycles. The molecule has 3 nitrogen and oxygen atoms in total. The summed E-state index contributed by atoms with van der Waals surface area (Å²) in [5.74, 6) is 0.145.